The fourth-order valence-corrected chi connectivity index (χ4v) is 4.03. The molecule has 2 aromatic rings. The first-order valence-electron chi connectivity index (χ1n) is 8.25. The van der Waals surface area contributed by atoms with Crippen molar-refractivity contribution in [2.75, 3.05) is 11.9 Å². The zero-order chi connectivity index (χ0) is 17.4. The van der Waals surface area contributed by atoms with E-state index in [9.17, 15) is 9.59 Å². The molecule has 0 unspecified atom stereocenters. The predicted molar refractivity (Wildman–Crippen MR) is 95.5 cm³/mol. The van der Waals surface area contributed by atoms with Crippen molar-refractivity contribution in [1.29, 1.82) is 0 Å². The van der Waals surface area contributed by atoms with Gasteiger partial charge in [-0.25, -0.2) is 0 Å². The van der Waals surface area contributed by atoms with E-state index in [0.29, 0.717) is 29.2 Å². The molecule has 1 saturated carbocycles. The molecule has 2 amide bonds. The summed E-state index contributed by atoms with van der Waals surface area (Å²) in [6, 6.07) is 7.43. The third-order valence-electron chi connectivity index (χ3n) is 4.50. The summed E-state index contributed by atoms with van der Waals surface area (Å²) in [6.07, 6.45) is 2.51. The van der Waals surface area contributed by atoms with Gasteiger partial charge in [-0.1, -0.05) is 41.1 Å². The highest BCUT2D eigenvalue weighted by Gasteiger charge is 2.35. The van der Waals surface area contributed by atoms with Crippen LogP contribution >= 0.6 is 22.9 Å². The number of hydrogen-bond acceptors (Lipinski definition) is 5. The van der Waals surface area contributed by atoms with Crippen LogP contribution in [0, 0.1) is 5.92 Å². The van der Waals surface area contributed by atoms with Crippen molar-refractivity contribution >= 4 is 39.9 Å². The normalized spacial score (nSPS) is 20.1. The summed E-state index contributed by atoms with van der Waals surface area (Å²) in [5, 5.41) is 13.1. The maximum atomic E-state index is 12.4. The van der Waals surface area contributed by atoms with Crippen molar-refractivity contribution in [2.24, 2.45) is 5.92 Å². The number of anilines is 1. The van der Waals surface area contributed by atoms with E-state index in [1.54, 1.807) is 11.0 Å². The molecule has 8 heteroatoms. The number of hydrogen-bond donors (Lipinski definition) is 1. The lowest BCUT2D eigenvalue weighted by Gasteiger charge is -2.17. The van der Waals surface area contributed by atoms with Gasteiger partial charge in [0.15, 0.2) is 0 Å². The maximum absolute atomic E-state index is 12.4. The average molecular weight is 377 g/mol. The van der Waals surface area contributed by atoms with Crippen molar-refractivity contribution < 1.29 is 9.59 Å². The molecule has 0 bridgehead atoms. The molecule has 4 rings (SSSR count). The Hall–Kier alpha value is -1.99. The van der Waals surface area contributed by atoms with Gasteiger partial charge in [-0.15, -0.1) is 10.2 Å². The third-order valence-corrected chi connectivity index (χ3v) is 5.87. The van der Waals surface area contributed by atoms with Crippen LogP contribution in [0.2, 0.25) is 5.02 Å². The first-order chi connectivity index (χ1) is 12.1. The first-order valence-corrected chi connectivity index (χ1v) is 9.45. The molecule has 2 heterocycles. The molecule has 130 valence electrons. The van der Waals surface area contributed by atoms with Crippen molar-refractivity contribution in [2.45, 2.75) is 31.7 Å². The lowest BCUT2D eigenvalue weighted by Crippen LogP contribution is -2.28. The number of likely N-dealkylation sites (tertiary alicyclic amines) is 1. The van der Waals surface area contributed by atoms with Gasteiger partial charge in [0, 0.05) is 30.5 Å². The van der Waals surface area contributed by atoms with Crippen LogP contribution in [0.1, 0.15) is 35.8 Å². The second-order valence-electron chi connectivity index (χ2n) is 6.48. The molecule has 6 nitrogen and oxygen atoms in total. The maximum Gasteiger partial charge on any atom is 0.231 e. The second kappa shape index (κ2) is 6.72. The highest BCUT2D eigenvalue weighted by Crippen LogP contribution is 2.42. The van der Waals surface area contributed by atoms with Crippen molar-refractivity contribution in [3.05, 3.63) is 39.9 Å². The van der Waals surface area contributed by atoms with Gasteiger partial charge in [-0.2, -0.15) is 0 Å². The van der Waals surface area contributed by atoms with Gasteiger partial charge in [0.25, 0.3) is 0 Å². The molecule has 2 aliphatic rings. The summed E-state index contributed by atoms with van der Waals surface area (Å²) in [6.45, 7) is 0.817. The Labute approximate surface area is 154 Å². The Morgan fingerprint density at radius 1 is 1.32 bits per heavy atom. The minimum atomic E-state index is -0.372. The van der Waals surface area contributed by atoms with Gasteiger partial charge in [0.1, 0.15) is 5.01 Å². The van der Waals surface area contributed by atoms with E-state index in [2.05, 4.69) is 15.5 Å². The monoisotopic (exact) mass is 376 g/mol. The SMILES string of the molecule is O=C(Nc1nnc(C2CC2)s1)[C@@H]1CC(=O)N(Cc2ccccc2Cl)C1. The minimum Gasteiger partial charge on any atom is -0.337 e. The number of halogens is 1. The number of benzene rings is 1. The number of aromatic nitrogens is 2. The highest BCUT2D eigenvalue weighted by molar-refractivity contribution is 7.15. The van der Waals surface area contributed by atoms with Crippen LogP contribution in [0.15, 0.2) is 24.3 Å². The third kappa shape index (κ3) is 3.67. The fraction of sp³-hybridized carbons (Fsp3) is 0.412. The largest absolute Gasteiger partial charge is 0.337 e. The molecule has 0 spiro atoms. The molecule has 2 fully saturated rings. The summed E-state index contributed by atoms with van der Waals surface area (Å²) in [4.78, 5) is 26.4. The lowest BCUT2D eigenvalue weighted by molar-refractivity contribution is -0.128. The van der Waals surface area contributed by atoms with E-state index < -0.39 is 0 Å². The molecular weight excluding hydrogens is 360 g/mol. The molecule has 1 aromatic heterocycles. The Morgan fingerprint density at radius 3 is 2.88 bits per heavy atom. The first kappa shape index (κ1) is 16.5. The fourth-order valence-electron chi connectivity index (χ4n) is 2.92. The number of amides is 2. The number of nitrogens with zero attached hydrogens (tertiary/aromatic N) is 3. The van der Waals surface area contributed by atoms with Crippen molar-refractivity contribution in [3.8, 4) is 0 Å². The smallest absolute Gasteiger partial charge is 0.231 e. The summed E-state index contributed by atoms with van der Waals surface area (Å²) in [7, 11) is 0. The Kier molecular flexibility index (Phi) is 4.43. The molecule has 1 atom stereocenters. The van der Waals surface area contributed by atoms with Gasteiger partial charge >= 0.3 is 0 Å². The number of carbonyl (C=O) groups excluding carboxylic acids is 2. The predicted octanol–water partition coefficient (Wildman–Crippen LogP) is 3.06. The van der Waals surface area contributed by atoms with Gasteiger partial charge in [0.05, 0.1) is 5.92 Å². The van der Waals surface area contributed by atoms with E-state index in [-0.39, 0.29) is 24.2 Å². The van der Waals surface area contributed by atoms with Gasteiger partial charge < -0.3 is 10.2 Å². The Bertz CT molecular complexity index is 820. The standard InChI is InChI=1S/C17H17ClN4O2S/c18-13-4-2-1-3-11(13)8-22-9-12(7-14(22)23)15(24)19-17-21-20-16(25-17)10-5-6-10/h1-4,10,12H,5-9H2,(H,19,21,24)/t12-/m1/s1. The van der Waals surface area contributed by atoms with Gasteiger partial charge in [-0.05, 0) is 24.5 Å². The van der Waals surface area contributed by atoms with Crippen LogP contribution in [0.5, 0.6) is 0 Å². The summed E-state index contributed by atoms with van der Waals surface area (Å²) in [5.41, 5.74) is 0.886. The summed E-state index contributed by atoms with van der Waals surface area (Å²) < 4.78 is 0. The molecule has 0 radical (unpaired) electrons. The Balaban J connectivity index is 1.37. The number of carbonyl (C=O) groups is 2. The molecule has 1 N–H and O–H groups in total. The topological polar surface area (TPSA) is 75.2 Å². The zero-order valence-electron chi connectivity index (χ0n) is 13.4. The highest BCUT2D eigenvalue weighted by atomic mass is 35.5. The molecule has 25 heavy (non-hydrogen) atoms. The van der Waals surface area contributed by atoms with Crippen LogP contribution in [0.3, 0.4) is 0 Å². The molecule has 1 saturated heterocycles. The minimum absolute atomic E-state index is 0.0315. The summed E-state index contributed by atoms with van der Waals surface area (Å²) >= 11 is 7.59. The lowest BCUT2D eigenvalue weighted by atomic mass is 10.1. The van der Waals surface area contributed by atoms with Crippen LogP contribution in [-0.2, 0) is 16.1 Å². The van der Waals surface area contributed by atoms with Crippen molar-refractivity contribution in [1.82, 2.24) is 15.1 Å². The Morgan fingerprint density at radius 2 is 2.12 bits per heavy atom. The number of nitrogens with one attached hydrogen (secondary N) is 1. The second-order valence-corrected chi connectivity index (χ2v) is 7.89. The number of rotatable bonds is 5. The van der Waals surface area contributed by atoms with Crippen molar-refractivity contribution in [3.63, 3.8) is 0 Å². The van der Waals surface area contributed by atoms with E-state index >= 15 is 0 Å². The van der Waals surface area contributed by atoms with Gasteiger partial charge in [0.2, 0.25) is 16.9 Å². The quantitative estimate of drug-likeness (QED) is 0.870. The van der Waals surface area contributed by atoms with Crippen LogP contribution in [-0.4, -0.2) is 33.5 Å². The van der Waals surface area contributed by atoms with E-state index in [1.165, 1.54) is 11.3 Å². The molecular formula is C17H17ClN4O2S. The molecule has 1 aromatic carbocycles. The molecule has 1 aliphatic heterocycles. The van der Waals surface area contributed by atoms with E-state index in [1.807, 2.05) is 18.2 Å². The van der Waals surface area contributed by atoms with Gasteiger partial charge in [-0.3, -0.25) is 9.59 Å². The van der Waals surface area contributed by atoms with Crippen LogP contribution in [0.4, 0.5) is 5.13 Å². The average Bonchev–Trinajstić information content (AvgIpc) is 3.24. The van der Waals surface area contributed by atoms with E-state index in [4.69, 9.17) is 11.6 Å². The zero-order valence-corrected chi connectivity index (χ0v) is 15.0. The molecule has 1 aliphatic carbocycles. The van der Waals surface area contributed by atoms with E-state index in [0.717, 1.165) is 23.4 Å². The van der Waals surface area contributed by atoms with Crippen LogP contribution in [0.25, 0.3) is 0 Å². The van der Waals surface area contributed by atoms with Crippen LogP contribution < -0.4 is 5.32 Å². The summed E-state index contributed by atoms with van der Waals surface area (Å²) in [5.74, 6) is -0.0601.